The van der Waals surface area contributed by atoms with E-state index in [1.807, 2.05) is 13.8 Å². The number of hydrogen-bond donors (Lipinski definition) is 2. The van der Waals surface area contributed by atoms with E-state index < -0.39 is 0 Å². The second-order valence-electron chi connectivity index (χ2n) is 6.38. The number of guanidine groups is 1. The molecule has 0 bridgehead atoms. The normalized spacial score (nSPS) is 18.5. The van der Waals surface area contributed by atoms with E-state index in [1.165, 1.54) is 32.8 Å². The molecule has 23 heavy (non-hydrogen) atoms. The molecule has 134 valence electrons. The quantitative estimate of drug-likeness (QED) is 0.293. The lowest BCUT2D eigenvalue weighted by Gasteiger charge is -2.30. The smallest absolute Gasteiger partial charge is 0.310 e. The minimum atomic E-state index is -0.211. The van der Waals surface area contributed by atoms with Crippen molar-refractivity contribution in [2.24, 2.45) is 16.3 Å². The van der Waals surface area contributed by atoms with Crippen LogP contribution in [0.3, 0.4) is 0 Å². The number of aliphatic imine (C=N–C) groups is 1. The molecule has 2 N–H and O–H groups in total. The molecule has 6 nitrogen and oxygen atoms in total. The molecule has 0 spiro atoms. The number of carbonyl (C=O) groups is 1. The largest absolute Gasteiger partial charge is 0.469 e. The van der Waals surface area contributed by atoms with Gasteiger partial charge < -0.3 is 20.1 Å². The molecule has 0 aliphatic heterocycles. The minimum Gasteiger partial charge on any atom is -0.469 e. The summed E-state index contributed by atoms with van der Waals surface area (Å²) in [5.74, 6) is 0.331. The van der Waals surface area contributed by atoms with E-state index in [-0.39, 0.29) is 11.9 Å². The first-order valence-corrected chi connectivity index (χ1v) is 8.67. The van der Waals surface area contributed by atoms with Gasteiger partial charge in [-0.05, 0) is 31.6 Å². The summed E-state index contributed by atoms with van der Waals surface area (Å²) in [5, 5.41) is 6.62. The highest BCUT2D eigenvalue weighted by Crippen LogP contribution is 2.40. The molecule has 0 saturated heterocycles. The van der Waals surface area contributed by atoms with E-state index in [1.54, 1.807) is 7.05 Å². The van der Waals surface area contributed by atoms with Crippen molar-refractivity contribution in [3.63, 3.8) is 0 Å². The zero-order chi connectivity index (χ0) is 17.1. The monoisotopic (exact) mass is 327 g/mol. The number of nitrogens with one attached hydrogen (secondary N) is 2. The van der Waals surface area contributed by atoms with Gasteiger partial charge in [0.25, 0.3) is 0 Å². The third-order valence-electron chi connectivity index (χ3n) is 4.68. The van der Waals surface area contributed by atoms with Crippen LogP contribution in [0, 0.1) is 11.3 Å². The van der Waals surface area contributed by atoms with E-state index in [0.717, 1.165) is 32.1 Å². The first-order valence-electron chi connectivity index (χ1n) is 8.67. The molecule has 1 aliphatic rings. The van der Waals surface area contributed by atoms with Gasteiger partial charge in [-0.2, -0.15) is 0 Å². The summed E-state index contributed by atoms with van der Waals surface area (Å²) in [6, 6.07) is 0. The molecule has 0 radical (unpaired) electrons. The zero-order valence-electron chi connectivity index (χ0n) is 15.1. The number of ether oxygens (including phenoxy) is 2. The molecule has 0 aromatic carbocycles. The van der Waals surface area contributed by atoms with Crippen molar-refractivity contribution in [3.05, 3.63) is 0 Å². The summed E-state index contributed by atoms with van der Waals surface area (Å²) in [6.07, 6.45) is 6.15. The maximum atomic E-state index is 11.4. The molecule has 1 atom stereocenters. The molecular weight excluding hydrogens is 294 g/mol. The number of carbonyl (C=O) groups excluding carboxylic acids is 1. The lowest BCUT2D eigenvalue weighted by molar-refractivity contribution is -0.144. The molecule has 1 rings (SSSR count). The summed E-state index contributed by atoms with van der Waals surface area (Å²) in [5.41, 5.74) is 0.306. The van der Waals surface area contributed by atoms with E-state index in [0.29, 0.717) is 12.0 Å². The topological polar surface area (TPSA) is 72.0 Å². The van der Waals surface area contributed by atoms with Gasteiger partial charge in [0.05, 0.1) is 13.0 Å². The Morgan fingerprint density at radius 1 is 1.30 bits per heavy atom. The summed E-state index contributed by atoms with van der Waals surface area (Å²) in [7, 11) is 3.16. The second-order valence-corrected chi connectivity index (χ2v) is 6.38. The van der Waals surface area contributed by atoms with Crippen LogP contribution >= 0.6 is 0 Å². The highest BCUT2D eigenvalue weighted by Gasteiger charge is 2.33. The van der Waals surface area contributed by atoms with Crippen LogP contribution in [0.4, 0.5) is 0 Å². The molecule has 0 aromatic heterocycles. The number of esters is 1. The Morgan fingerprint density at radius 3 is 2.57 bits per heavy atom. The maximum Gasteiger partial charge on any atom is 0.310 e. The standard InChI is InChI=1S/C17H33N3O3/c1-5-23-11-10-17(8-6-7-9-17)13-20-16(18-3)19-12-14(2)15(21)22-4/h14H,5-13H2,1-4H3,(H2,18,19,20). The first kappa shape index (κ1) is 19.7. The van der Waals surface area contributed by atoms with Crippen molar-refractivity contribution in [2.75, 3.05) is 40.5 Å². The Kier molecular flexibility index (Phi) is 8.99. The molecule has 0 heterocycles. The van der Waals surface area contributed by atoms with Crippen LogP contribution < -0.4 is 10.6 Å². The average Bonchev–Trinajstić information content (AvgIpc) is 3.03. The molecule has 0 amide bonds. The van der Waals surface area contributed by atoms with Crippen molar-refractivity contribution in [1.82, 2.24) is 10.6 Å². The Balaban J connectivity index is 2.43. The zero-order valence-corrected chi connectivity index (χ0v) is 15.1. The molecule has 1 aliphatic carbocycles. The fraction of sp³-hybridized carbons (Fsp3) is 0.882. The van der Waals surface area contributed by atoms with E-state index in [4.69, 9.17) is 9.47 Å². The lowest BCUT2D eigenvalue weighted by Crippen LogP contribution is -2.45. The van der Waals surface area contributed by atoms with E-state index in [2.05, 4.69) is 15.6 Å². The van der Waals surface area contributed by atoms with Gasteiger partial charge in [-0.1, -0.05) is 19.8 Å². The number of methoxy groups -OCH3 is 1. The predicted molar refractivity (Wildman–Crippen MR) is 92.6 cm³/mol. The van der Waals surface area contributed by atoms with Crippen molar-refractivity contribution < 1.29 is 14.3 Å². The molecular formula is C17H33N3O3. The third kappa shape index (κ3) is 6.77. The molecule has 1 saturated carbocycles. The van der Waals surface area contributed by atoms with Crippen LogP contribution in [-0.2, 0) is 14.3 Å². The first-order chi connectivity index (χ1) is 11.1. The van der Waals surface area contributed by atoms with Gasteiger partial charge >= 0.3 is 5.97 Å². The second kappa shape index (κ2) is 10.5. The minimum absolute atomic E-state index is 0.197. The summed E-state index contributed by atoms with van der Waals surface area (Å²) in [6.45, 7) is 6.88. The van der Waals surface area contributed by atoms with Gasteiger partial charge in [0.1, 0.15) is 0 Å². The van der Waals surface area contributed by atoms with Crippen molar-refractivity contribution in [2.45, 2.75) is 46.0 Å². The van der Waals surface area contributed by atoms with Crippen molar-refractivity contribution in [1.29, 1.82) is 0 Å². The maximum absolute atomic E-state index is 11.4. The summed E-state index contributed by atoms with van der Waals surface area (Å²) in [4.78, 5) is 15.7. The number of rotatable bonds is 9. The highest BCUT2D eigenvalue weighted by molar-refractivity contribution is 5.80. The highest BCUT2D eigenvalue weighted by atomic mass is 16.5. The van der Waals surface area contributed by atoms with Gasteiger partial charge in [0.2, 0.25) is 0 Å². The van der Waals surface area contributed by atoms with E-state index >= 15 is 0 Å². The van der Waals surface area contributed by atoms with Crippen LogP contribution in [0.25, 0.3) is 0 Å². The van der Waals surface area contributed by atoms with Crippen LogP contribution in [-0.4, -0.2) is 52.4 Å². The summed E-state index contributed by atoms with van der Waals surface area (Å²) < 4.78 is 10.3. The Hall–Kier alpha value is -1.30. The Labute approximate surface area is 140 Å². The Bertz CT molecular complexity index is 379. The van der Waals surface area contributed by atoms with Crippen molar-refractivity contribution in [3.8, 4) is 0 Å². The van der Waals surface area contributed by atoms with E-state index in [9.17, 15) is 4.79 Å². The molecule has 0 aromatic rings. The average molecular weight is 327 g/mol. The predicted octanol–water partition coefficient (Wildman–Crippen LogP) is 1.95. The van der Waals surface area contributed by atoms with Gasteiger partial charge in [0, 0.05) is 33.4 Å². The van der Waals surface area contributed by atoms with Gasteiger partial charge in [0.15, 0.2) is 5.96 Å². The summed E-state index contributed by atoms with van der Waals surface area (Å²) >= 11 is 0. The lowest BCUT2D eigenvalue weighted by atomic mass is 9.83. The van der Waals surface area contributed by atoms with Crippen LogP contribution in [0.2, 0.25) is 0 Å². The van der Waals surface area contributed by atoms with Crippen LogP contribution in [0.5, 0.6) is 0 Å². The Morgan fingerprint density at radius 2 is 2.00 bits per heavy atom. The number of hydrogen-bond acceptors (Lipinski definition) is 4. The van der Waals surface area contributed by atoms with Gasteiger partial charge in [-0.15, -0.1) is 0 Å². The van der Waals surface area contributed by atoms with Crippen LogP contribution in [0.15, 0.2) is 4.99 Å². The molecule has 1 fully saturated rings. The third-order valence-corrected chi connectivity index (χ3v) is 4.68. The fourth-order valence-electron chi connectivity index (χ4n) is 3.10. The van der Waals surface area contributed by atoms with Gasteiger partial charge in [-0.3, -0.25) is 9.79 Å². The van der Waals surface area contributed by atoms with Crippen LogP contribution in [0.1, 0.15) is 46.0 Å². The fourth-order valence-corrected chi connectivity index (χ4v) is 3.10. The molecule has 1 unspecified atom stereocenters. The molecule has 6 heteroatoms. The SMILES string of the molecule is CCOCCC1(CNC(=NC)NCC(C)C(=O)OC)CCCC1. The van der Waals surface area contributed by atoms with Crippen molar-refractivity contribution >= 4 is 11.9 Å². The number of nitrogens with zero attached hydrogens (tertiary/aromatic N) is 1. The van der Waals surface area contributed by atoms with Gasteiger partial charge in [-0.25, -0.2) is 0 Å².